The van der Waals surface area contributed by atoms with Crippen LogP contribution in [0.15, 0.2) is 0 Å². The lowest BCUT2D eigenvalue weighted by atomic mass is 9.66. The fourth-order valence-electron chi connectivity index (χ4n) is 4.34. The van der Waals surface area contributed by atoms with Crippen LogP contribution in [0.5, 0.6) is 0 Å². The number of aliphatic carboxylic acids is 1. The lowest BCUT2D eigenvalue weighted by molar-refractivity contribution is -0.157. The second kappa shape index (κ2) is 7.11. The highest BCUT2D eigenvalue weighted by Crippen LogP contribution is 2.44. The van der Waals surface area contributed by atoms with Crippen LogP contribution in [0.1, 0.15) is 64.2 Å². The monoisotopic (exact) mass is 336 g/mol. The zero-order valence-corrected chi connectivity index (χ0v) is 14.3. The highest BCUT2D eigenvalue weighted by atomic mass is 16.4. The van der Waals surface area contributed by atoms with E-state index in [-0.39, 0.29) is 30.2 Å². The first kappa shape index (κ1) is 17.2. The summed E-state index contributed by atoms with van der Waals surface area (Å²) in [6.45, 7) is 1.27. The Morgan fingerprint density at radius 3 is 2.33 bits per heavy atom. The van der Waals surface area contributed by atoms with Gasteiger partial charge in [-0.3, -0.25) is 14.4 Å². The first-order chi connectivity index (χ1) is 11.5. The lowest BCUT2D eigenvalue weighted by Crippen LogP contribution is -2.45. The van der Waals surface area contributed by atoms with Gasteiger partial charge in [-0.15, -0.1) is 0 Å². The van der Waals surface area contributed by atoms with Crippen molar-refractivity contribution >= 4 is 17.8 Å². The predicted octanol–water partition coefficient (Wildman–Crippen LogP) is 1.93. The molecule has 0 bridgehead atoms. The van der Waals surface area contributed by atoms with Crippen molar-refractivity contribution in [2.75, 3.05) is 13.1 Å². The molecule has 0 spiro atoms. The number of nitrogens with zero attached hydrogens (tertiary/aromatic N) is 1. The molecule has 0 aromatic heterocycles. The Balaban J connectivity index is 1.46. The van der Waals surface area contributed by atoms with Crippen LogP contribution in [0, 0.1) is 11.3 Å². The number of nitrogens with one attached hydrogen (secondary N) is 1. The number of carboxylic acids is 1. The number of rotatable bonds is 5. The molecule has 1 saturated heterocycles. The molecule has 1 unspecified atom stereocenters. The Bertz CT molecular complexity index is 509. The topological polar surface area (TPSA) is 86.7 Å². The van der Waals surface area contributed by atoms with E-state index < -0.39 is 11.4 Å². The minimum Gasteiger partial charge on any atom is -0.481 e. The van der Waals surface area contributed by atoms with Gasteiger partial charge in [-0.05, 0) is 32.1 Å². The fraction of sp³-hybridized carbons (Fsp3) is 0.833. The maximum absolute atomic E-state index is 12.5. The summed E-state index contributed by atoms with van der Waals surface area (Å²) in [5, 5.41) is 12.3. The number of likely N-dealkylation sites (tertiary alicyclic amines) is 1. The van der Waals surface area contributed by atoms with E-state index in [2.05, 4.69) is 5.32 Å². The number of carbonyl (C=O) groups is 3. The quantitative estimate of drug-likeness (QED) is 0.803. The van der Waals surface area contributed by atoms with Crippen molar-refractivity contribution < 1.29 is 19.5 Å². The summed E-state index contributed by atoms with van der Waals surface area (Å²) in [6.07, 6.45) is 8.39. The molecular formula is C18H28N2O4. The van der Waals surface area contributed by atoms with Crippen molar-refractivity contribution in [1.29, 1.82) is 0 Å². The van der Waals surface area contributed by atoms with E-state index in [4.69, 9.17) is 0 Å². The minimum absolute atomic E-state index is 0.0315. The summed E-state index contributed by atoms with van der Waals surface area (Å²) in [5.41, 5.74) is -0.847. The van der Waals surface area contributed by atoms with Gasteiger partial charge < -0.3 is 15.3 Å². The fourth-order valence-corrected chi connectivity index (χ4v) is 4.34. The van der Waals surface area contributed by atoms with Crippen molar-refractivity contribution in [3.05, 3.63) is 0 Å². The van der Waals surface area contributed by atoms with Crippen molar-refractivity contribution in [3.8, 4) is 0 Å². The van der Waals surface area contributed by atoms with E-state index in [0.29, 0.717) is 25.9 Å². The van der Waals surface area contributed by atoms with Crippen LogP contribution in [-0.4, -0.2) is 46.9 Å². The Kier molecular flexibility index (Phi) is 5.11. The Hall–Kier alpha value is -1.59. The van der Waals surface area contributed by atoms with Gasteiger partial charge in [0.05, 0.1) is 5.41 Å². The molecule has 134 valence electrons. The Labute approximate surface area is 143 Å². The largest absolute Gasteiger partial charge is 0.481 e. The highest BCUT2D eigenvalue weighted by Gasteiger charge is 2.46. The van der Waals surface area contributed by atoms with Crippen LogP contribution >= 0.6 is 0 Å². The average Bonchev–Trinajstić information content (AvgIpc) is 2.99. The molecule has 1 aliphatic heterocycles. The van der Waals surface area contributed by atoms with E-state index in [0.717, 1.165) is 38.5 Å². The van der Waals surface area contributed by atoms with Crippen LogP contribution in [0.3, 0.4) is 0 Å². The second-order valence-corrected chi connectivity index (χ2v) is 7.79. The Morgan fingerprint density at radius 2 is 1.75 bits per heavy atom. The molecule has 2 aliphatic carbocycles. The van der Waals surface area contributed by atoms with E-state index in [1.54, 1.807) is 0 Å². The van der Waals surface area contributed by atoms with Gasteiger partial charge in [-0.25, -0.2) is 0 Å². The van der Waals surface area contributed by atoms with Gasteiger partial charge in [0.25, 0.3) is 0 Å². The van der Waals surface area contributed by atoms with Gasteiger partial charge in [0.1, 0.15) is 0 Å². The summed E-state index contributed by atoms with van der Waals surface area (Å²) in [7, 11) is 0. The molecule has 1 heterocycles. The van der Waals surface area contributed by atoms with Crippen LogP contribution < -0.4 is 5.32 Å². The molecule has 3 aliphatic rings. The third-order valence-corrected chi connectivity index (χ3v) is 6.08. The van der Waals surface area contributed by atoms with E-state index in [1.807, 2.05) is 4.90 Å². The molecule has 2 saturated carbocycles. The molecule has 0 aromatic carbocycles. The Morgan fingerprint density at radius 1 is 1.04 bits per heavy atom. The second-order valence-electron chi connectivity index (χ2n) is 7.79. The summed E-state index contributed by atoms with van der Waals surface area (Å²) in [4.78, 5) is 38.0. The summed E-state index contributed by atoms with van der Waals surface area (Å²) < 4.78 is 0. The number of amides is 2. The molecule has 6 nitrogen and oxygen atoms in total. The van der Waals surface area contributed by atoms with Crippen molar-refractivity contribution in [2.24, 2.45) is 11.3 Å². The number of hydrogen-bond acceptors (Lipinski definition) is 3. The van der Waals surface area contributed by atoms with Crippen LogP contribution in [0.4, 0.5) is 0 Å². The normalized spacial score (nSPS) is 26.7. The SMILES string of the molecule is O=C(CC1(C(=O)O)CCC1)NC1CCN(C(=O)C2CCCCC2)C1. The number of carbonyl (C=O) groups excluding carboxylic acids is 2. The molecule has 3 rings (SSSR count). The summed E-state index contributed by atoms with van der Waals surface area (Å²) >= 11 is 0. The lowest BCUT2D eigenvalue weighted by Gasteiger charge is -2.37. The first-order valence-corrected chi connectivity index (χ1v) is 9.32. The predicted molar refractivity (Wildman–Crippen MR) is 88.2 cm³/mol. The van der Waals surface area contributed by atoms with Crippen molar-refractivity contribution in [1.82, 2.24) is 10.2 Å². The van der Waals surface area contributed by atoms with Gasteiger partial charge in [0, 0.05) is 31.5 Å². The van der Waals surface area contributed by atoms with Crippen molar-refractivity contribution in [3.63, 3.8) is 0 Å². The zero-order chi connectivity index (χ0) is 17.2. The molecule has 24 heavy (non-hydrogen) atoms. The van der Waals surface area contributed by atoms with E-state index in [1.165, 1.54) is 6.42 Å². The third kappa shape index (κ3) is 3.57. The first-order valence-electron chi connectivity index (χ1n) is 9.32. The van der Waals surface area contributed by atoms with Gasteiger partial charge in [-0.2, -0.15) is 0 Å². The summed E-state index contributed by atoms with van der Waals surface area (Å²) in [6, 6.07) is -0.0315. The standard InChI is InChI=1S/C18H28N2O4/c21-15(11-18(17(23)24)8-4-9-18)19-14-7-10-20(12-14)16(22)13-5-2-1-3-6-13/h13-14H,1-12H2,(H,19,21)(H,23,24). The molecule has 0 radical (unpaired) electrons. The minimum atomic E-state index is -0.857. The third-order valence-electron chi connectivity index (χ3n) is 6.08. The number of carboxylic acid groups (broad SMARTS) is 1. The molecule has 3 fully saturated rings. The van der Waals surface area contributed by atoms with Crippen LogP contribution in [0.2, 0.25) is 0 Å². The maximum Gasteiger partial charge on any atom is 0.310 e. The average molecular weight is 336 g/mol. The zero-order valence-electron chi connectivity index (χ0n) is 14.3. The molecule has 6 heteroatoms. The molecule has 2 N–H and O–H groups in total. The molecular weight excluding hydrogens is 308 g/mol. The van der Waals surface area contributed by atoms with Gasteiger partial charge >= 0.3 is 5.97 Å². The maximum atomic E-state index is 12.5. The smallest absolute Gasteiger partial charge is 0.310 e. The van der Waals surface area contributed by atoms with Gasteiger partial charge in [-0.1, -0.05) is 25.7 Å². The van der Waals surface area contributed by atoms with Gasteiger partial charge in [0.2, 0.25) is 11.8 Å². The number of hydrogen-bond donors (Lipinski definition) is 2. The molecule has 0 aromatic rings. The molecule has 2 amide bonds. The van der Waals surface area contributed by atoms with Crippen LogP contribution in [-0.2, 0) is 14.4 Å². The summed E-state index contributed by atoms with van der Waals surface area (Å²) in [5.74, 6) is -0.635. The van der Waals surface area contributed by atoms with Gasteiger partial charge in [0.15, 0.2) is 0 Å². The van der Waals surface area contributed by atoms with Crippen molar-refractivity contribution in [2.45, 2.75) is 70.3 Å². The van der Waals surface area contributed by atoms with E-state index in [9.17, 15) is 19.5 Å². The highest BCUT2D eigenvalue weighted by molar-refractivity contribution is 5.86. The molecule has 1 atom stereocenters. The van der Waals surface area contributed by atoms with Crippen LogP contribution in [0.25, 0.3) is 0 Å². The van der Waals surface area contributed by atoms with E-state index >= 15 is 0 Å².